The minimum Gasteiger partial charge on any atom is -0.368 e. The maximum atomic E-state index is 13.2. The molecule has 0 aromatic heterocycles. The van der Waals surface area contributed by atoms with Crippen molar-refractivity contribution in [1.82, 2.24) is 10.6 Å². The van der Waals surface area contributed by atoms with Gasteiger partial charge in [-0.25, -0.2) is 0 Å². The summed E-state index contributed by atoms with van der Waals surface area (Å²) in [4.78, 5) is 50.1. The smallest absolute Gasteiger partial charge is 0.251 e. The van der Waals surface area contributed by atoms with Crippen LogP contribution in [-0.4, -0.2) is 48.3 Å². The summed E-state index contributed by atoms with van der Waals surface area (Å²) in [6.45, 7) is 4.06. The van der Waals surface area contributed by atoms with Crippen LogP contribution in [0.4, 0.5) is 5.69 Å². The number of hydrogen-bond donors (Lipinski definition) is 3. The van der Waals surface area contributed by atoms with Gasteiger partial charge in [0.05, 0.1) is 12.5 Å². The van der Waals surface area contributed by atoms with Crippen LogP contribution in [0, 0.1) is 5.41 Å². The van der Waals surface area contributed by atoms with Gasteiger partial charge in [0.2, 0.25) is 11.8 Å². The van der Waals surface area contributed by atoms with E-state index in [9.17, 15) is 19.2 Å². The van der Waals surface area contributed by atoms with E-state index in [1.165, 1.54) is 0 Å². The second-order valence-corrected chi connectivity index (χ2v) is 9.56. The molecule has 2 fully saturated rings. The minimum atomic E-state index is -0.760. The van der Waals surface area contributed by atoms with Gasteiger partial charge in [-0.05, 0) is 54.9 Å². The normalized spacial score (nSPS) is 24.7. The second kappa shape index (κ2) is 9.02. The van der Waals surface area contributed by atoms with Crippen LogP contribution in [0.2, 0.25) is 0 Å². The number of rotatable bonds is 7. The van der Waals surface area contributed by atoms with Gasteiger partial charge in [-0.3, -0.25) is 19.2 Å². The molecule has 8 heteroatoms. The van der Waals surface area contributed by atoms with Gasteiger partial charge in [0.25, 0.3) is 5.91 Å². The molecule has 3 aliphatic rings. The van der Waals surface area contributed by atoms with E-state index in [1.54, 1.807) is 18.2 Å². The molecule has 1 aromatic rings. The average Bonchev–Trinajstić information content (AvgIpc) is 3.45. The summed E-state index contributed by atoms with van der Waals surface area (Å²) < 4.78 is 5.48. The second-order valence-electron chi connectivity index (χ2n) is 9.56. The molecule has 1 saturated heterocycles. The number of carbonyl (C=O) groups excluding carboxylic acids is 4. The Morgan fingerprint density at radius 1 is 1.25 bits per heavy atom. The highest BCUT2D eigenvalue weighted by Crippen LogP contribution is 2.41. The molecule has 2 aliphatic heterocycles. The molecule has 3 N–H and O–H groups in total. The summed E-state index contributed by atoms with van der Waals surface area (Å²) in [5.41, 5.74) is 1.85. The molecule has 1 unspecified atom stereocenters. The van der Waals surface area contributed by atoms with Crippen molar-refractivity contribution in [3.05, 3.63) is 29.3 Å². The van der Waals surface area contributed by atoms with Crippen molar-refractivity contribution >= 4 is 29.2 Å². The van der Waals surface area contributed by atoms with Crippen LogP contribution in [0.1, 0.15) is 68.3 Å². The van der Waals surface area contributed by atoms with E-state index in [4.69, 9.17) is 4.74 Å². The van der Waals surface area contributed by atoms with Crippen LogP contribution in [0.15, 0.2) is 18.2 Å². The van der Waals surface area contributed by atoms with E-state index in [-0.39, 0.29) is 48.1 Å². The van der Waals surface area contributed by atoms with Gasteiger partial charge in [-0.2, -0.15) is 0 Å². The number of anilines is 1. The van der Waals surface area contributed by atoms with Gasteiger partial charge < -0.3 is 20.7 Å². The van der Waals surface area contributed by atoms with Crippen LogP contribution >= 0.6 is 0 Å². The summed E-state index contributed by atoms with van der Waals surface area (Å²) in [5.74, 6) is -0.960. The number of amides is 3. The van der Waals surface area contributed by atoms with Crippen molar-refractivity contribution < 1.29 is 23.9 Å². The van der Waals surface area contributed by atoms with E-state index in [2.05, 4.69) is 22.9 Å². The van der Waals surface area contributed by atoms with Gasteiger partial charge in [0.1, 0.15) is 18.7 Å². The van der Waals surface area contributed by atoms with E-state index >= 15 is 0 Å². The highest BCUT2D eigenvalue weighted by Gasteiger charge is 2.40. The zero-order chi connectivity index (χ0) is 22.9. The van der Waals surface area contributed by atoms with Gasteiger partial charge in [0, 0.05) is 11.3 Å². The van der Waals surface area contributed by atoms with Crippen LogP contribution in [0.5, 0.6) is 0 Å². The number of hydrogen-bond acceptors (Lipinski definition) is 5. The summed E-state index contributed by atoms with van der Waals surface area (Å²) in [7, 11) is 0. The Kier molecular flexibility index (Phi) is 6.33. The average molecular weight is 442 g/mol. The molecule has 4 rings (SSSR count). The molecule has 0 spiro atoms. The third kappa shape index (κ3) is 4.70. The number of Topliss-reactive ketones (excluding diaryl/α,β-unsaturated/α-hetero) is 1. The highest BCUT2D eigenvalue weighted by molar-refractivity contribution is 6.03. The van der Waals surface area contributed by atoms with E-state index < -0.39 is 12.1 Å². The molecule has 1 aromatic carbocycles. The molecular formula is C24H31N3O5. The first-order chi connectivity index (χ1) is 15.3. The number of ether oxygens (including phenoxy) is 1. The molecule has 0 radical (unpaired) electrons. The lowest BCUT2D eigenvalue weighted by molar-refractivity contribution is -0.128. The first-order valence-corrected chi connectivity index (χ1v) is 11.5. The lowest BCUT2D eigenvalue weighted by Gasteiger charge is -2.30. The molecule has 2 heterocycles. The number of carbonyl (C=O) groups is 4. The SMILES string of the molecule is CC[C@@H]1OCC(=O)C1NC(=O)[C@H](CC1(C)CCCC1)NC(=O)c1ccc2c(c1)CC(=O)N2. The third-order valence-electron chi connectivity index (χ3n) is 6.98. The Morgan fingerprint density at radius 2 is 2.00 bits per heavy atom. The number of ketones is 1. The standard InChI is InChI=1S/C24H31N3O5/c1-3-19-21(18(28)13-32-19)27-23(31)17(12-24(2)8-4-5-9-24)26-22(30)14-6-7-16-15(10-14)11-20(29)25-16/h6-7,10,17,19,21H,3-5,8-9,11-13H2,1-2H3,(H,25,29)(H,26,30)(H,27,31)/t17-,19-,21?/m0/s1. The lowest BCUT2D eigenvalue weighted by atomic mass is 9.81. The largest absolute Gasteiger partial charge is 0.368 e. The zero-order valence-electron chi connectivity index (χ0n) is 18.7. The monoisotopic (exact) mass is 441 g/mol. The van der Waals surface area contributed by atoms with Gasteiger partial charge >= 0.3 is 0 Å². The molecule has 32 heavy (non-hydrogen) atoms. The minimum absolute atomic E-state index is 0.0000751. The Balaban J connectivity index is 1.50. The fourth-order valence-electron chi connectivity index (χ4n) is 5.11. The Bertz CT molecular complexity index is 938. The van der Waals surface area contributed by atoms with Crippen molar-refractivity contribution in [2.75, 3.05) is 11.9 Å². The van der Waals surface area contributed by atoms with Crippen LogP contribution in [0.25, 0.3) is 0 Å². The van der Waals surface area contributed by atoms with Crippen molar-refractivity contribution in [3.63, 3.8) is 0 Å². The molecular weight excluding hydrogens is 410 g/mol. The maximum absolute atomic E-state index is 13.2. The molecule has 0 bridgehead atoms. The fraction of sp³-hybridized carbons (Fsp3) is 0.583. The maximum Gasteiger partial charge on any atom is 0.251 e. The topological polar surface area (TPSA) is 114 Å². The first-order valence-electron chi connectivity index (χ1n) is 11.5. The van der Waals surface area contributed by atoms with Crippen molar-refractivity contribution in [2.45, 2.75) is 77.0 Å². The van der Waals surface area contributed by atoms with Crippen LogP contribution in [0.3, 0.4) is 0 Å². The molecule has 3 atom stereocenters. The van der Waals surface area contributed by atoms with Crippen molar-refractivity contribution in [2.24, 2.45) is 5.41 Å². The fourth-order valence-corrected chi connectivity index (χ4v) is 5.11. The van der Waals surface area contributed by atoms with Crippen LogP contribution in [-0.2, 0) is 25.5 Å². The van der Waals surface area contributed by atoms with Gasteiger partial charge in [-0.15, -0.1) is 0 Å². The quantitative estimate of drug-likeness (QED) is 0.600. The van der Waals surface area contributed by atoms with Crippen LogP contribution < -0.4 is 16.0 Å². The lowest BCUT2D eigenvalue weighted by Crippen LogP contribution is -2.54. The van der Waals surface area contributed by atoms with Crippen molar-refractivity contribution in [1.29, 1.82) is 0 Å². The summed E-state index contributed by atoms with van der Waals surface area (Å²) >= 11 is 0. The zero-order valence-corrected chi connectivity index (χ0v) is 18.7. The number of benzene rings is 1. The van der Waals surface area contributed by atoms with E-state index in [1.807, 2.05) is 6.92 Å². The summed E-state index contributed by atoms with van der Waals surface area (Å²) in [6.07, 6.45) is 5.24. The molecule has 3 amide bonds. The summed E-state index contributed by atoms with van der Waals surface area (Å²) in [5, 5.41) is 8.49. The Hall–Kier alpha value is -2.74. The van der Waals surface area contributed by atoms with Gasteiger partial charge in [-0.1, -0.05) is 26.7 Å². The molecule has 8 nitrogen and oxygen atoms in total. The third-order valence-corrected chi connectivity index (χ3v) is 6.98. The summed E-state index contributed by atoms with van der Waals surface area (Å²) in [6, 6.07) is 3.61. The number of nitrogens with one attached hydrogen (secondary N) is 3. The Morgan fingerprint density at radius 3 is 2.72 bits per heavy atom. The van der Waals surface area contributed by atoms with E-state index in [0.717, 1.165) is 31.2 Å². The highest BCUT2D eigenvalue weighted by atomic mass is 16.5. The number of fused-ring (bicyclic) bond motifs is 1. The van der Waals surface area contributed by atoms with E-state index in [0.29, 0.717) is 24.1 Å². The first kappa shape index (κ1) is 22.5. The molecule has 172 valence electrons. The predicted molar refractivity (Wildman–Crippen MR) is 118 cm³/mol. The van der Waals surface area contributed by atoms with Crippen molar-refractivity contribution in [3.8, 4) is 0 Å². The molecule has 1 saturated carbocycles. The predicted octanol–water partition coefficient (Wildman–Crippen LogP) is 2.11. The molecule has 1 aliphatic carbocycles. The Labute approximate surface area is 187 Å². The van der Waals surface area contributed by atoms with Gasteiger partial charge in [0.15, 0.2) is 5.78 Å².